The molecule has 9 nitrogen and oxygen atoms in total. The number of fused-ring (bicyclic) bond motifs is 1. The minimum atomic E-state index is -0.388. The van der Waals surface area contributed by atoms with Gasteiger partial charge in [-0.15, -0.1) is 0 Å². The molecule has 0 spiro atoms. The van der Waals surface area contributed by atoms with Gasteiger partial charge in [0, 0.05) is 43.9 Å². The highest BCUT2D eigenvalue weighted by molar-refractivity contribution is 6.01. The molecule has 3 aromatic heterocycles. The van der Waals surface area contributed by atoms with Gasteiger partial charge in [0.15, 0.2) is 6.29 Å². The summed E-state index contributed by atoms with van der Waals surface area (Å²) in [7, 11) is 1.59. The number of ether oxygens (including phenoxy) is 2. The number of anilines is 2. The number of urea groups is 1. The number of amides is 2. The van der Waals surface area contributed by atoms with Crippen molar-refractivity contribution in [1.29, 1.82) is 0 Å². The minimum Gasteiger partial charge on any atom is -0.490 e. The van der Waals surface area contributed by atoms with Gasteiger partial charge in [-0.1, -0.05) is 17.9 Å². The first kappa shape index (κ1) is 22.9. The smallest absolute Gasteiger partial charge is 0.328 e. The van der Waals surface area contributed by atoms with Crippen LogP contribution in [0.2, 0.25) is 0 Å². The van der Waals surface area contributed by atoms with E-state index in [0.29, 0.717) is 49.0 Å². The first-order chi connectivity index (χ1) is 16.7. The van der Waals surface area contributed by atoms with Gasteiger partial charge in [0.25, 0.3) is 0 Å². The van der Waals surface area contributed by atoms with Gasteiger partial charge < -0.3 is 9.47 Å². The average Bonchev–Trinajstić information content (AvgIpc) is 2.88. The van der Waals surface area contributed by atoms with Crippen LogP contribution in [0.1, 0.15) is 33.6 Å². The van der Waals surface area contributed by atoms with Crippen LogP contribution in [-0.4, -0.2) is 54.1 Å². The number of nitrogens with one attached hydrogen (secondary N) is 1. The topological polar surface area (TPSA) is 107 Å². The van der Waals surface area contributed by atoms with E-state index < -0.39 is 0 Å². The van der Waals surface area contributed by atoms with E-state index >= 15 is 0 Å². The quantitative estimate of drug-likeness (QED) is 0.344. The first-order valence-corrected chi connectivity index (χ1v) is 10.8. The summed E-state index contributed by atoms with van der Waals surface area (Å²) in [4.78, 5) is 38.4. The van der Waals surface area contributed by atoms with Crippen molar-refractivity contribution in [1.82, 2.24) is 15.0 Å². The van der Waals surface area contributed by atoms with E-state index in [1.165, 1.54) is 4.90 Å². The van der Waals surface area contributed by atoms with Gasteiger partial charge in [-0.3, -0.25) is 20.0 Å². The van der Waals surface area contributed by atoms with E-state index in [1.54, 1.807) is 37.8 Å². The van der Waals surface area contributed by atoms with Crippen LogP contribution in [0.4, 0.5) is 16.4 Å². The molecule has 0 saturated carbocycles. The number of carbonyl (C=O) groups is 2. The van der Waals surface area contributed by atoms with E-state index in [2.05, 4.69) is 32.1 Å². The highest BCUT2D eigenvalue weighted by atomic mass is 16.5. The van der Waals surface area contributed by atoms with Crippen LogP contribution in [0.15, 0.2) is 48.9 Å². The molecule has 0 aromatic carbocycles. The SMILES string of the molecule is COCCOc1cc(NC(=O)N2CCCc3ccc(C=O)nc32)ncc1C#Cc1cccnc1. The van der Waals surface area contributed by atoms with Crippen molar-refractivity contribution < 1.29 is 19.1 Å². The number of aryl methyl sites for hydroxylation is 1. The average molecular weight is 457 g/mol. The highest BCUT2D eigenvalue weighted by Gasteiger charge is 2.25. The highest BCUT2D eigenvalue weighted by Crippen LogP contribution is 2.26. The van der Waals surface area contributed by atoms with Gasteiger partial charge in [0.2, 0.25) is 0 Å². The van der Waals surface area contributed by atoms with Gasteiger partial charge in [-0.2, -0.15) is 0 Å². The standard InChI is InChI=1S/C25H23N5O4/c1-33-12-13-34-22-14-23(27-16-20(22)7-6-18-4-2-10-26-15-18)29-25(32)30-11-3-5-19-8-9-21(17-31)28-24(19)30/h2,4,8-10,14-17H,3,5,11-13H2,1H3,(H,27,29,32). The van der Waals surface area contributed by atoms with Crippen molar-refractivity contribution in [3.05, 3.63) is 71.3 Å². The Bertz CT molecular complexity index is 1240. The molecule has 1 N–H and O–H groups in total. The Labute approximate surface area is 197 Å². The van der Waals surface area contributed by atoms with Gasteiger partial charge in [0.05, 0.1) is 12.2 Å². The Morgan fingerprint density at radius 2 is 2.15 bits per heavy atom. The van der Waals surface area contributed by atoms with E-state index in [0.717, 1.165) is 24.0 Å². The predicted molar refractivity (Wildman–Crippen MR) is 126 cm³/mol. The zero-order valence-electron chi connectivity index (χ0n) is 18.7. The fraction of sp³-hybridized carbons (Fsp3) is 0.240. The summed E-state index contributed by atoms with van der Waals surface area (Å²) < 4.78 is 10.9. The number of aromatic nitrogens is 3. The Hall–Kier alpha value is -4.29. The Morgan fingerprint density at radius 1 is 1.24 bits per heavy atom. The maximum Gasteiger partial charge on any atom is 0.328 e. The summed E-state index contributed by atoms with van der Waals surface area (Å²) in [5.74, 6) is 7.34. The van der Waals surface area contributed by atoms with Crippen molar-refractivity contribution in [2.75, 3.05) is 37.1 Å². The second kappa shape index (κ2) is 11.0. The van der Waals surface area contributed by atoms with Crippen LogP contribution < -0.4 is 15.0 Å². The molecule has 0 radical (unpaired) electrons. The summed E-state index contributed by atoms with van der Waals surface area (Å²) >= 11 is 0. The van der Waals surface area contributed by atoms with Crippen molar-refractivity contribution in [3.8, 4) is 17.6 Å². The summed E-state index contributed by atoms with van der Waals surface area (Å²) in [5, 5.41) is 2.80. The summed E-state index contributed by atoms with van der Waals surface area (Å²) in [6.45, 7) is 1.20. The number of rotatable bonds is 6. The predicted octanol–water partition coefficient (Wildman–Crippen LogP) is 3.09. The molecular weight excluding hydrogens is 434 g/mol. The molecule has 4 rings (SSSR count). The van der Waals surface area contributed by atoms with E-state index in [4.69, 9.17) is 9.47 Å². The van der Waals surface area contributed by atoms with Crippen LogP contribution >= 0.6 is 0 Å². The largest absolute Gasteiger partial charge is 0.490 e. The Kier molecular flexibility index (Phi) is 7.42. The van der Waals surface area contributed by atoms with Gasteiger partial charge in [-0.25, -0.2) is 14.8 Å². The van der Waals surface area contributed by atoms with Gasteiger partial charge >= 0.3 is 6.03 Å². The van der Waals surface area contributed by atoms with Gasteiger partial charge in [-0.05, 0) is 36.6 Å². The number of aldehydes is 1. The lowest BCUT2D eigenvalue weighted by Crippen LogP contribution is -2.39. The zero-order valence-corrected chi connectivity index (χ0v) is 18.7. The van der Waals surface area contributed by atoms with Crippen molar-refractivity contribution in [2.24, 2.45) is 0 Å². The number of hydrogen-bond acceptors (Lipinski definition) is 7. The summed E-state index contributed by atoms with van der Waals surface area (Å²) in [6.07, 6.45) is 7.16. The third-order valence-corrected chi connectivity index (χ3v) is 5.08. The molecule has 0 atom stereocenters. The molecule has 3 aromatic rings. The third-order valence-electron chi connectivity index (χ3n) is 5.08. The number of nitrogens with zero attached hydrogens (tertiary/aromatic N) is 4. The van der Waals surface area contributed by atoms with E-state index in [1.807, 2.05) is 18.2 Å². The van der Waals surface area contributed by atoms with Crippen molar-refractivity contribution >= 4 is 24.0 Å². The minimum absolute atomic E-state index is 0.280. The maximum atomic E-state index is 13.0. The first-order valence-electron chi connectivity index (χ1n) is 10.8. The van der Waals surface area contributed by atoms with Crippen LogP contribution in [0.3, 0.4) is 0 Å². The van der Waals surface area contributed by atoms with E-state index in [-0.39, 0.29) is 11.7 Å². The second-order valence-electron chi connectivity index (χ2n) is 7.42. The number of pyridine rings is 3. The number of hydrogen-bond donors (Lipinski definition) is 1. The molecule has 1 aliphatic heterocycles. The van der Waals surface area contributed by atoms with Crippen molar-refractivity contribution in [3.63, 3.8) is 0 Å². The molecule has 0 saturated heterocycles. The Balaban J connectivity index is 1.56. The third kappa shape index (κ3) is 5.54. The number of methoxy groups -OCH3 is 1. The molecule has 9 heteroatoms. The molecule has 0 fully saturated rings. The lowest BCUT2D eigenvalue weighted by atomic mass is 10.1. The van der Waals surface area contributed by atoms with Crippen molar-refractivity contribution in [2.45, 2.75) is 12.8 Å². The molecule has 4 heterocycles. The fourth-order valence-electron chi connectivity index (χ4n) is 3.42. The van der Waals surface area contributed by atoms with Crippen LogP contribution in [-0.2, 0) is 11.2 Å². The molecule has 1 aliphatic rings. The van der Waals surface area contributed by atoms with Crippen LogP contribution in [0.5, 0.6) is 5.75 Å². The molecular formula is C25H23N5O4. The molecule has 0 aliphatic carbocycles. The molecule has 172 valence electrons. The monoisotopic (exact) mass is 457 g/mol. The number of carbonyl (C=O) groups excluding carboxylic acids is 2. The lowest BCUT2D eigenvalue weighted by molar-refractivity contribution is 0.111. The maximum absolute atomic E-state index is 13.0. The van der Waals surface area contributed by atoms with Crippen LogP contribution in [0, 0.1) is 11.8 Å². The molecule has 2 amide bonds. The fourth-order valence-corrected chi connectivity index (χ4v) is 3.42. The zero-order chi connectivity index (χ0) is 23.8. The summed E-state index contributed by atoms with van der Waals surface area (Å²) in [6, 6.07) is 8.39. The lowest BCUT2D eigenvalue weighted by Gasteiger charge is -2.28. The van der Waals surface area contributed by atoms with Crippen LogP contribution in [0.25, 0.3) is 0 Å². The molecule has 0 unspecified atom stereocenters. The normalized spacial score (nSPS) is 12.2. The van der Waals surface area contributed by atoms with E-state index in [9.17, 15) is 9.59 Å². The molecule has 34 heavy (non-hydrogen) atoms. The molecule has 0 bridgehead atoms. The van der Waals surface area contributed by atoms with Gasteiger partial charge in [0.1, 0.15) is 29.7 Å². The summed E-state index contributed by atoms with van der Waals surface area (Å²) in [5.41, 5.74) is 2.53. The Morgan fingerprint density at radius 3 is 2.94 bits per heavy atom. The second-order valence-corrected chi connectivity index (χ2v) is 7.42.